The maximum absolute atomic E-state index is 5.37. The first-order valence-electron chi connectivity index (χ1n) is 1.88. The molecule has 0 N–H and O–H groups in total. The Bertz CT molecular complexity index is 142. The molecule has 0 aromatic carbocycles. The van der Waals surface area contributed by atoms with Crippen molar-refractivity contribution in [2.75, 3.05) is 0 Å². The van der Waals surface area contributed by atoms with E-state index in [1.54, 1.807) is 18.3 Å². The van der Waals surface area contributed by atoms with Crippen molar-refractivity contribution in [2.24, 2.45) is 0 Å². The molecule has 0 radical (unpaired) electrons. The fourth-order valence-corrected chi connectivity index (χ4v) is 0.425. The molecule has 1 aromatic heterocycles. The van der Waals surface area contributed by atoms with Gasteiger partial charge >= 0.3 is 18.9 Å². The number of pyridine rings is 1. The number of aromatic nitrogens is 1. The quantitative estimate of drug-likeness (QED) is 0.231. The first-order valence-corrected chi connectivity index (χ1v) is 2.25. The molecule has 8 heavy (non-hydrogen) atoms. The van der Waals surface area contributed by atoms with Crippen LogP contribution in [0.25, 0.3) is 0 Å². The summed E-state index contributed by atoms with van der Waals surface area (Å²) in [5, 5.41) is 0.419. The Hall–Kier alpha value is 0.0374. The van der Waals surface area contributed by atoms with E-state index in [-0.39, 0.29) is 18.9 Å². The molecule has 36 valence electrons. The molecule has 0 bridgehead atoms. The molecule has 0 aliphatic carbocycles. The van der Waals surface area contributed by atoms with Gasteiger partial charge in [-0.3, -0.25) is 4.98 Å². The molecule has 0 spiro atoms. The molecule has 0 amide bonds. The standard InChI is InChI=1S/C5H3ClN.Li/c6-5-3-1-2-4-7-5;/h1-2,4H;/q-1;+1. The van der Waals surface area contributed by atoms with Gasteiger partial charge in [0.05, 0.1) is 0 Å². The van der Waals surface area contributed by atoms with Crippen molar-refractivity contribution in [1.29, 1.82) is 0 Å². The summed E-state index contributed by atoms with van der Waals surface area (Å²) in [4.78, 5) is 3.69. The Balaban J connectivity index is 0.000000490. The van der Waals surface area contributed by atoms with Crippen LogP contribution in [0.2, 0.25) is 5.15 Å². The summed E-state index contributed by atoms with van der Waals surface area (Å²) in [5.41, 5.74) is 0. The van der Waals surface area contributed by atoms with Crippen LogP contribution in [0.4, 0.5) is 0 Å². The van der Waals surface area contributed by atoms with Crippen molar-refractivity contribution in [3.05, 3.63) is 29.5 Å². The average molecular weight is 119 g/mol. The zero-order valence-electron chi connectivity index (χ0n) is 4.56. The number of rotatable bonds is 0. The van der Waals surface area contributed by atoms with Crippen LogP contribution < -0.4 is 18.9 Å². The summed E-state index contributed by atoms with van der Waals surface area (Å²) >= 11 is 5.37. The zero-order valence-corrected chi connectivity index (χ0v) is 5.31. The Morgan fingerprint density at radius 1 is 1.62 bits per heavy atom. The molecule has 0 saturated carbocycles. The first-order chi connectivity index (χ1) is 3.39. The fraction of sp³-hybridized carbons (Fsp3) is 0. The van der Waals surface area contributed by atoms with E-state index in [2.05, 4.69) is 11.1 Å². The van der Waals surface area contributed by atoms with Gasteiger partial charge in [0.25, 0.3) is 0 Å². The molecule has 0 atom stereocenters. The molecule has 1 aromatic rings. The molecule has 1 nitrogen and oxygen atoms in total. The molecular weight excluding hydrogens is 116 g/mol. The van der Waals surface area contributed by atoms with Crippen LogP contribution in [-0.4, -0.2) is 4.98 Å². The van der Waals surface area contributed by atoms with Gasteiger partial charge in [-0.1, -0.05) is 17.8 Å². The van der Waals surface area contributed by atoms with E-state index in [0.717, 1.165) is 0 Å². The Kier molecular flexibility index (Phi) is 3.99. The van der Waals surface area contributed by atoms with Gasteiger partial charge in [0.1, 0.15) is 0 Å². The van der Waals surface area contributed by atoms with Gasteiger partial charge in [0.15, 0.2) is 0 Å². The van der Waals surface area contributed by atoms with Crippen molar-refractivity contribution in [1.82, 2.24) is 4.98 Å². The third-order valence-corrected chi connectivity index (χ3v) is 0.779. The van der Waals surface area contributed by atoms with Crippen LogP contribution in [0.15, 0.2) is 18.3 Å². The molecule has 0 aliphatic heterocycles. The van der Waals surface area contributed by atoms with E-state index in [0.29, 0.717) is 5.15 Å². The van der Waals surface area contributed by atoms with Gasteiger partial charge in [-0.15, -0.1) is 0 Å². The third-order valence-electron chi connectivity index (χ3n) is 0.573. The number of nitrogens with zero attached hydrogens (tertiary/aromatic N) is 1. The summed E-state index contributed by atoms with van der Waals surface area (Å²) in [5.74, 6) is 0. The van der Waals surface area contributed by atoms with Gasteiger partial charge < -0.3 is 0 Å². The molecule has 0 unspecified atom stereocenters. The fourth-order valence-electron chi connectivity index (χ4n) is 0.306. The van der Waals surface area contributed by atoms with E-state index in [9.17, 15) is 0 Å². The molecule has 0 fully saturated rings. The van der Waals surface area contributed by atoms with Crippen molar-refractivity contribution in [3.8, 4) is 0 Å². The van der Waals surface area contributed by atoms with Crippen molar-refractivity contribution in [3.63, 3.8) is 0 Å². The third kappa shape index (κ3) is 2.37. The maximum atomic E-state index is 5.37. The molecule has 3 heteroatoms. The van der Waals surface area contributed by atoms with Gasteiger partial charge in [-0.2, -0.15) is 6.07 Å². The van der Waals surface area contributed by atoms with Crippen molar-refractivity contribution < 1.29 is 18.9 Å². The van der Waals surface area contributed by atoms with E-state index >= 15 is 0 Å². The van der Waals surface area contributed by atoms with Crippen LogP contribution in [0.1, 0.15) is 0 Å². The minimum atomic E-state index is 0. The smallest absolute Gasteiger partial charge is 0.284 e. The second kappa shape index (κ2) is 3.97. The van der Waals surface area contributed by atoms with E-state index in [1.807, 2.05) is 0 Å². The van der Waals surface area contributed by atoms with Crippen LogP contribution in [0, 0.1) is 6.07 Å². The second-order valence-electron chi connectivity index (χ2n) is 1.07. The zero-order chi connectivity index (χ0) is 5.11. The Labute approximate surface area is 65.3 Å². The predicted molar refractivity (Wildman–Crippen MR) is 28.1 cm³/mol. The van der Waals surface area contributed by atoms with E-state index in [4.69, 9.17) is 11.6 Å². The summed E-state index contributed by atoms with van der Waals surface area (Å²) in [6.45, 7) is 0. The number of hydrogen-bond donors (Lipinski definition) is 0. The summed E-state index contributed by atoms with van der Waals surface area (Å²) in [7, 11) is 0. The van der Waals surface area contributed by atoms with Crippen LogP contribution >= 0.6 is 11.6 Å². The average Bonchev–Trinajstić information content (AvgIpc) is 1.69. The van der Waals surface area contributed by atoms with Crippen LogP contribution in [0.5, 0.6) is 0 Å². The second-order valence-corrected chi connectivity index (χ2v) is 1.43. The monoisotopic (exact) mass is 119 g/mol. The van der Waals surface area contributed by atoms with Crippen LogP contribution in [0.3, 0.4) is 0 Å². The van der Waals surface area contributed by atoms with E-state index in [1.165, 1.54) is 0 Å². The summed E-state index contributed by atoms with van der Waals surface area (Å²) in [6, 6.07) is 6.17. The van der Waals surface area contributed by atoms with Gasteiger partial charge in [-0.05, 0) is 0 Å². The first kappa shape index (κ1) is 8.04. The molecular formula is C5H3ClLiN. The van der Waals surface area contributed by atoms with Gasteiger partial charge in [0.2, 0.25) is 0 Å². The largest absolute Gasteiger partial charge is 1.00 e. The van der Waals surface area contributed by atoms with Gasteiger partial charge in [-0.25, -0.2) is 12.1 Å². The normalized spacial score (nSPS) is 7.62. The molecule has 1 heterocycles. The van der Waals surface area contributed by atoms with E-state index < -0.39 is 0 Å². The van der Waals surface area contributed by atoms with Crippen molar-refractivity contribution in [2.45, 2.75) is 0 Å². The number of hydrogen-bond acceptors (Lipinski definition) is 1. The molecule has 0 saturated heterocycles. The predicted octanol–water partition coefficient (Wildman–Crippen LogP) is -1.46. The van der Waals surface area contributed by atoms with Gasteiger partial charge in [0, 0.05) is 5.15 Å². The topological polar surface area (TPSA) is 12.9 Å². The molecule has 0 aliphatic rings. The summed E-state index contributed by atoms with van der Waals surface area (Å²) in [6.07, 6.45) is 1.62. The minimum absolute atomic E-state index is 0. The van der Waals surface area contributed by atoms with Crippen LogP contribution in [-0.2, 0) is 0 Å². The number of halogens is 1. The van der Waals surface area contributed by atoms with Crippen molar-refractivity contribution >= 4 is 11.6 Å². The Morgan fingerprint density at radius 3 is 2.62 bits per heavy atom. The Morgan fingerprint density at radius 2 is 2.38 bits per heavy atom. The SMILES string of the molecule is Clc1[c-]cccn1.[Li+]. The maximum Gasteiger partial charge on any atom is 1.00 e. The summed E-state index contributed by atoms with van der Waals surface area (Å²) < 4.78 is 0. The minimum Gasteiger partial charge on any atom is -0.284 e. The molecule has 1 rings (SSSR count).